The van der Waals surface area contributed by atoms with Crippen molar-refractivity contribution in [2.75, 3.05) is 43.3 Å². The van der Waals surface area contributed by atoms with E-state index in [4.69, 9.17) is 0 Å². The topological polar surface area (TPSA) is 38.7 Å². The van der Waals surface area contributed by atoms with E-state index >= 15 is 0 Å². The van der Waals surface area contributed by atoms with Gasteiger partial charge in [0.1, 0.15) is 5.75 Å². The first-order chi connectivity index (χ1) is 17.3. The molecule has 2 atom stereocenters. The second kappa shape index (κ2) is 8.06. The summed E-state index contributed by atoms with van der Waals surface area (Å²) in [6, 6.07) is 30.1. The standard InChI is InChI=1S/C32H33N3O/c1-32(30-22-10-6-8-12-28(22)33-31(30)23-11-7-9-13-29(23)36)26-16-14-20(34(2)3)18-24(26)25-19-21(35(4)5)15-17-27(25)32/h6-19,30-31,33,36H,1-5H3. The lowest BCUT2D eigenvalue weighted by Gasteiger charge is -2.38. The van der Waals surface area contributed by atoms with Crippen molar-refractivity contribution in [1.82, 2.24) is 0 Å². The largest absolute Gasteiger partial charge is 0.508 e. The van der Waals surface area contributed by atoms with Gasteiger partial charge in [0.25, 0.3) is 0 Å². The quantitative estimate of drug-likeness (QED) is 0.342. The highest BCUT2D eigenvalue weighted by Crippen LogP contribution is 2.63. The van der Waals surface area contributed by atoms with Crippen LogP contribution in [0.5, 0.6) is 5.75 Å². The zero-order valence-electron chi connectivity index (χ0n) is 21.6. The van der Waals surface area contributed by atoms with Crippen molar-refractivity contribution in [3.05, 3.63) is 107 Å². The summed E-state index contributed by atoms with van der Waals surface area (Å²) in [7, 11) is 8.38. The van der Waals surface area contributed by atoms with Crippen LogP contribution in [0.3, 0.4) is 0 Å². The van der Waals surface area contributed by atoms with E-state index in [-0.39, 0.29) is 17.4 Å². The molecule has 4 aromatic carbocycles. The average molecular weight is 476 g/mol. The van der Waals surface area contributed by atoms with E-state index in [9.17, 15) is 5.11 Å². The van der Waals surface area contributed by atoms with E-state index in [1.807, 2.05) is 12.1 Å². The fourth-order valence-electron chi connectivity index (χ4n) is 6.43. The van der Waals surface area contributed by atoms with Crippen molar-refractivity contribution in [3.8, 4) is 16.9 Å². The molecular weight excluding hydrogens is 442 g/mol. The molecule has 2 aliphatic rings. The molecule has 0 saturated heterocycles. The molecule has 1 aliphatic heterocycles. The third kappa shape index (κ3) is 3.13. The summed E-state index contributed by atoms with van der Waals surface area (Å²) in [5.74, 6) is 0.429. The van der Waals surface area contributed by atoms with Gasteiger partial charge in [-0.2, -0.15) is 0 Å². The smallest absolute Gasteiger partial charge is 0.120 e. The van der Waals surface area contributed by atoms with E-state index in [1.165, 1.54) is 39.2 Å². The van der Waals surface area contributed by atoms with E-state index < -0.39 is 0 Å². The molecule has 182 valence electrons. The Kier molecular flexibility index (Phi) is 5.04. The van der Waals surface area contributed by atoms with Crippen LogP contribution in [0.4, 0.5) is 17.1 Å². The molecule has 2 unspecified atom stereocenters. The lowest BCUT2D eigenvalue weighted by molar-refractivity contribution is 0.408. The van der Waals surface area contributed by atoms with Crippen LogP contribution in [0.15, 0.2) is 84.9 Å². The average Bonchev–Trinajstić information content (AvgIpc) is 3.38. The van der Waals surface area contributed by atoms with Gasteiger partial charge in [0.05, 0.1) is 6.04 Å². The highest BCUT2D eigenvalue weighted by molar-refractivity contribution is 5.87. The molecule has 0 saturated carbocycles. The van der Waals surface area contributed by atoms with Gasteiger partial charge >= 0.3 is 0 Å². The van der Waals surface area contributed by atoms with Crippen molar-refractivity contribution in [2.24, 2.45) is 0 Å². The zero-order chi connectivity index (χ0) is 25.2. The van der Waals surface area contributed by atoms with E-state index in [0.29, 0.717) is 5.75 Å². The van der Waals surface area contributed by atoms with Crippen LogP contribution in [-0.2, 0) is 5.41 Å². The van der Waals surface area contributed by atoms with Crippen molar-refractivity contribution in [1.29, 1.82) is 0 Å². The van der Waals surface area contributed by atoms with Gasteiger partial charge in [-0.1, -0.05) is 55.5 Å². The fraction of sp³-hybridized carbons (Fsp3) is 0.250. The predicted molar refractivity (Wildman–Crippen MR) is 151 cm³/mol. The molecule has 36 heavy (non-hydrogen) atoms. The first-order valence-corrected chi connectivity index (χ1v) is 12.6. The third-order valence-corrected chi connectivity index (χ3v) is 8.28. The van der Waals surface area contributed by atoms with E-state index in [1.54, 1.807) is 6.07 Å². The first kappa shape index (κ1) is 22.5. The van der Waals surface area contributed by atoms with Crippen molar-refractivity contribution < 1.29 is 5.11 Å². The summed E-state index contributed by atoms with van der Waals surface area (Å²) < 4.78 is 0. The Morgan fingerprint density at radius 1 is 0.694 bits per heavy atom. The van der Waals surface area contributed by atoms with Crippen molar-refractivity contribution in [2.45, 2.75) is 24.3 Å². The number of fused-ring (bicyclic) bond motifs is 4. The molecule has 1 heterocycles. The van der Waals surface area contributed by atoms with Gasteiger partial charge in [-0.25, -0.2) is 0 Å². The fourth-order valence-corrected chi connectivity index (χ4v) is 6.43. The molecule has 0 aromatic heterocycles. The number of benzene rings is 4. The number of anilines is 3. The maximum absolute atomic E-state index is 10.9. The monoisotopic (exact) mass is 475 g/mol. The summed E-state index contributed by atoms with van der Waals surface area (Å²) in [6.07, 6.45) is 0. The van der Waals surface area contributed by atoms with Crippen LogP contribution in [0.25, 0.3) is 11.1 Å². The summed E-state index contributed by atoms with van der Waals surface area (Å²) in [4.78, 5) is 4.34. The molecule has 0 radical (unpaired) electrons. The maximum Gasteiger partial charge on any atom is 0.120 e. The predicted octanol–water partition coefficient (Wildman–Crippen LogP) is 6.76. The van der Waals surface area contributed by atoms with E-state index in [0.717, 1.165) is 11.3 Å². The molecule has 0 amide bonds. The van der Waals surface area contributed by atoms with Gasteiger partial charge < -0.3 is 20.2 Å². The van der Waals surface area contributed by atoms with Crippen LogP contribution in [-0.4, -0.2) is 33.3 Å². The van der Waals surface area contributed by atoms with Gasteiger partial charge in [-0.05, 0) is 64.2 Å². The number of nitrogens with one attached hydrogen (secondary N) is 1. The minimum atomic E-state index is -0.299. The molecule has 0 spiro atoms. The second-order valence-corrected chi connectivity index (χ2v) is 10.7. The van der Waals surface area contributed by atoms with Gasteiger partial charge in [-0.15, -0.1) is 0 Å². The molecule has 2 N–H and O–H groups in total. The maximum atomic E-state index is 10.9. The molecule has 4 nitrogen and oxygen atoms in total. The normalized spacial score (nSPS) is 18.7. The van der Waals surface area contributed by atoms with Gasteiger partial charge in [-0.3, -0.25) is 0 Å². The summed E-state index contributed by atoms with van der Waals surface area (Å²) in [6.45, 7) is 2.39. The number of rotatable bonds is 4. The first-order valence-electron chi connectivity index (χ1n) is 12.6. The second-order valence-electron chi connectivity index (χ2n) is 10.7. The van der Waals surface area contributed by atoms with Crippen LogP contribution < -0.4 is 15.1 Å². The van der Waals surface area contributed by atoms with Gasteiger partial charge in [0.2, 0.25) is 0 Å². The van der Waals surface area contributed by atoms with Crippen molar-refractivity contribution >= 4 is 17.1 Å². The molecule has 0 fully saturated rings. The summed E-state index contributed by atoms with van der Waals surface area (Å²) in [5.41, 5.74) is 10.7. The number of nitrogens with zero attached hydrogens (tertiary/aromatic N) is 2. The number of aromatic hydroxyl groups is 1. The molecule has 6 rings (SSSR count). The molecule has 0 bridgehead atoms. The Balaban J connectivity index is 1.64. The number of para-hydroxylation sites is 2. The highest BCUT2D eigenvalue weighted by atomic mass is 16.3. The Hall–Kier alpha value is -3.92. The number of hydrogen-bond acceptors (Lipinski definition) is 4. The SMILES string of the molecule is CN(C)c1ccc2c(c1)-c1cc(N(C)C)ccc1C2(C)C1c2ccccc2NC1c1ccccc1O. The Labute approximate surface area is 213 Å². The zero-order valence-corrected chi connectivity index (χ0v) is 21.6. The van der Waals surface area contributed by atoms with Crippen LogP contribution in [0.2, 0.25) is 0 Å². The lowest BCUT2D eigenvalue weighted by atomic mass is 9.64. The van der Waals surface area contributed by atoms with Gasteiger partial charge in [0, 0.05) is 62.1 Å². The van der Waals surface area contributed by atoms with Gasteiger partial charge in [0.15, 0.2) is 0 Å². The van der Waals surface area contributed by atoms with E-state index in [2.05, 4.69) is 117 Å². The molecule has 1 aliphatic carbocycles. The Morgan fingerprint density at radius 2 is 1.22 bits per heavy atom. The van der Waals surface area contributed by atoms with Crippen LogP contribution in [0, 0.1) is 0 Å². The third-order valence-electron chi connectivity index (χ3n) is 8.28. The molecular formula is C32H33N3O. The Morgan fingerprint density at radius 3 is 1.78 bits per heavy atom. The number of hydrogen-bond donors (Lipinski definition) is 2. The van der Waals surface area contributed by atoms with Crippen LogP contribution >= 0.6 is 0 Å². The number of phenolic OH excluding ortho intramolecular Hbond substituents is 1. The minimum Gasteiger partial charge on any atom is -0.508 e. The lowest BCUT2D eigenvalue weighted by Crippen LogP contribution is -2.33. The van der Waals surface area contributed by atoms with Crippen molar-refractivity contribution in [3.63, 3.8) is 0 Å². The molecule has 4 heteroatoms. The molecule has 4 aromatic rings. The Bertz CT molecular complexity index is 1410. The number of phenols is 1. The highest BCUT2D eigenvalue weighted by Gasteiger charge is 2.52. The minimum absolute atomic E-state index is 0.0607. The van der Waals surface area contributed by atoms with Crippen LogP contribution in [0.1, 0.15) is 41.1 Å². The summed E-state index contributed by atoms with van der Waals surface area (Å²) in [5, 5.41) is 14.7. The summed E-state index contributed by atoms with van der Waals surface area (Å²) >= 11 is 0.